The zero-order chi connectivity index (χ0) is 13.0. The molecule has 0 saturated heterocycles. The van der Waals surface area contributed by atoms with Gasteiger partial charge in [-0.1, -0.05) is 22.0 Å². The van der Waals surface area contributed by atoms with Crippen LogP contribution in [0.2, 0.25) is 0 Å². The smallest absolute Gasteiger partial charge is 0.337 e. The van der Waals surface area contributed by atoms with Crippen LogP contribution in [0, 0.1) is 3.57 Å². The normalized spacial score (nSPS) is 12.2. The van der Waals surface area contributed by atoms with Crippen LogP contribution < -0.4 is 0 Å². The Morgan fingerprint density at radius 1 is 1.35 bits per heavy atom. The summed E-state index contributed by atoms with van der Waals surface area (Å²) in [5, 5.41) is 18.4. The van der Waals surface area contributed by atoms with Gasteiger partial charge in [0.15, 0.2) is 6.10 Å². The van der Waals surface area contributed by atoms with Gasteiger partial charge in [-0.2, -0.15) is 0 Å². The van der Waals surface area contributed by atoms with Crippen LogP contribution in [-0.4, -0.2) is 27.3 Å². The first-order valence-electron chi connectivity index (χ1n) is 4.72. The van der Waals surface area contributed by atoms with Crippen LogP contribution in [0.25, 0.3) is 0 Å². The van der Waals surface area contributed by atoms with E-state index in [2.05, 4.69) is 15.9 Å². The number of benzene rings is 1. The van der Waals surface area contributed by atoms with Crippen LogP contribution in [0.3, 0.4) is 0 Å². The lowest BCUT2D eigenvalue weighted by molar-refractivity contribution is -0.146. The van der Waals surface area contributed by atoms with E-state index in [1.807, 2.05) is 22.6 Å². The van der Waals surface area contributed by atoms with E-state index in [0.29, 0.717) is 11.1 Å². The van der Waals surface area contributed by atoms with E-state index in [1.54, 1.807) is 18.2 Å². The van der Waals surface area contributed by atoms with Gasteiger partial charge in [0.1, 0.15) is 5.78 Å². The highest BCUT2D eigenvalue weighted by Crippen LogP contribution is 2.19. The van der Waals surface area contributed by atoms with Gasteiger partial charge in [-0.3, -0.25) is 4.79 Å². The van der Waals surface area contributed by atoms with Crippen LogP contribution in [0.1, 0.15) is 17.2 Å². The summed E-state index contributed by atoms with van der Waals surface area (Å²) in [5.41, 5.74) is 0.999. The van der Waals surface area contributed by atoms with Gasteiger partial charge >= 0.3 is 5.97 Å². The van der Waals surface area contributed by atoms with Crippen molar-refractivity contribution in [3.05, 3.63) is 32.9 Å². The van der Waals surface area contributed by atoms with Gasteiger partial charge in [0.2, 0.25) is 0 Å². The quantitative estimate of drug-likeness (QED) is 0.572. The highest BCUT2D eigenvalue weighted by molar-refractivity contribution is 14.1. The predicted molar refractivity (Wildman–Crippen MR) is 74.3 cm³/mol. The van der Waals surface area contributed by atoms with Crippen LogP contribution >= 0.6 is 38.5 Å². The van der Waals surface area contributed by atoms with Gasteiger partial charge in [-0.05, 0) is 45.9 Å². The molecule has 0 fully saturated rings. The first kappa shape index (κ1) is 14.6. The maximum Gasteiger partial charge on any atom is 0.337 e. The Morgan fingerprint density at radius 2 is 2.00 bits per heavy atom. The summed E-state index contributed by atoms with van der Waals surface area (Å²) in [6, 6.07) is 4.92. The van der Waals surface area contributed by atoms with E-state index in [1.165, 1.54) is 0 Å². The van der Waals surface area contributed by atoms with Gasteiger partial charge in [0.25, 0.3) is 0 Å². The fraction of sp³-hybridized carbons (Fsp3) is 0.273. The maximum atomic E-state index is 11.3. The third-order valence-corrected chi connectivity index (χ3v) is 3.33. The van der Waals surface area contributed by atoms with E-state index >= 15 is 0 Å². The summed E-state index contributed by atoms with van der Waals surface area (Å²) in [6.45, 7) is 0. The van der Waals surface area contributed by atoms with E-state index in [-0.39, 0.29) is 17.5 Å². The lowest BCUT2D eigenvalue weighted by Crippen LogP contribution is -2.12. The van der Waals surface area contributed by atoms with Crippen LogP contribution in [0.5, 0.6) is 0 Å². The second-order valence-corrected chi connectivity index (χ2v) is 5.29. The summed E-state index contributed by atoms with van der Waals surface area (Å²) in [7, 11) is 0. The minimum atomic E-state index is -1.55. The summed E-state index contributed by atoms with van der Waals surface area (Å²) in [6.07, 6.45) is -1.33. The summed E-state index contributed by atoms with van der Waals surface area (Å²) in [4.78, 5) is 22.0. The van der Waals surface area contributed by atoms with Crippen molar-refractivity contribution < 1.29 is 19.8 Å². The molecule has 1 unspecified atom stereocenters. The molecule has 0 saturated carbocycles. The van der Waals surface area contributed by atoms with Crippen molar-refractivity contribution in [3.8, 4) is 0 Å². The lowest BCUT2D eigenvalue weighted by atomic mass is 10.0. The third kappa shape index (κ3) is 4.36. The summed E-state index contributed by atoms with van der Waals surface area (Å²) < 4.78 is 0.790. The number of aliphatic hydroxyl groups excluding tert-OH is 1. The molecule has 6 heteroatoms. The molecule has 0 aliphatic carbocycles. The molecule has 92 valence electrons. The molecular formula is C11H10BrIO4. The molecule has 0 bridgehead atoms. The fourth-order valence-corrected chi connectivity index (χ4v) is 2.31. The van der Waals surface area contributed by atoms with E-state index in [0.717, 1.165) is 3.57 Å². The van der Waals surface area contributed by atoms with Crippen molar-refractivity contribution in [1.29, 1.82) is 0 Å². The average molecular weight is 413 g/mol. The van der Waals surface area contributed by atoms with Crippen molar-refractivity contribution in [2.24, 2.45) is 0 Å². The number of aliphatic hydroxyl groups is 1. The molecule has 0 amide bonds. The van der Waals surface area contributed by atoms with E-state index in [4.69, 9.17) is 5.11 Å². The van der Waals surface area contributed by atoms with Crippen molar-refractivity contribution in [2.75, 3.05) is 5.33 Å². The summed E-state index contributed by atoms with van der Waals surface area (Å²) >= 11 is 5.09. The fourth-order valence-electron chi connectivity index (χ4n) is 1.35. The van der Waals surface area contributed by atoms with Crippen LogP contribution in [-0.2, 0) is 16.0 Å². The Labute approximate surface area is 120 Å². The van der Waals surface area contributed by atoms with E-state index < -0.39 is 12.1 Å². The number of alkyl halides is 1. The number of aliphatic carboxylic acids is 1. The van der Waals surface area contributed by atoms with Gasteiger partial charge in [-0.25, -0.2) is 4.79 Å². The molecule has 1 aromatic carbocycles. The Hall–Kier alpha value is -0.470. The number of hydrogen-bond acceptors (Lipinski definition) is 3. The largest absolute Gasteiger partial charge is 0.479 e. The van der Waals surface area contributed by atoms with Crippen molar-refractivity contribution in [1.82, 2.24) is 0 Å². The predicted octanol–water partition coefficient (Wildman–Crippen LogP) is 1.92. The lowest BCUT2D eigenvalue weighted by Gasteiger charge is -2.09. The molecule has 1 aromatic rings. The molecule has 1 atom stereocenters. The molecule has 0 aliphatic rings. The standard InChI is InChI=1S/C11H10BrIO4/c12-5-9(14)3-6-1-7(4-8(13)2-6)10(15)11(16)17/h1-2,4,10,15H,3,5H2,(H,16,17). The number of rotatable bonds is 5. The number of carbonyl (C=O) groups excluding carboxylic acids is 1. The molecular weight excluding hydrogens is 403 g/mol. The van der Waals surface area contributed by atoms with Gasteiger partial charge < -0.3 is 10.2 Å². The van der Waals surface area contributed by atoms with Crippen LogP contribution in [0.15, 0.2) is 18.2 Å². The van der Waals surface area contributed by atoms with Gasteiger partial charge in [0.05, 0.1) is 5.33 Å². The molecule has 1 rings (SSSR count). The number of carboxylic acid groups (broad SMARTS) is 1. The highest BCUT2D eigenvalue weighted by Gasteiger charge is 2.17. The molecule has 0 aromatic heterocycles. The third-order valence-electron chi connectivity index (χ3n) is 2.08. The van der Waals surface area contributed by atoms with Gasteiger partial charge in [0, 0.05) is 9.99 Å². The second kappa shape index (κ2) is 6.46. The molecule has 4 nitrogen and oxygen atoms in total. The number of Topliss-reactive ketones (excluding diaryl/α,β-unsaturated/α-hetero) is 1. The molecule has 17 heavy (non-hydrogen) atoms. The number of halogens is 2. The SMILES string of the molecule is O=C(CBr)Cc1cc(I)cc(C(O)C(=O)O)c1. The molecule has 0 heterocycles. The number of hydrogen-bond donors (Lipinski definition) is 2. The molecule has 0 aliphatic heterocycles. The Morgan fingerprint density at radius 3 is 2.53 bits per heavy atom. The zero-order valence-corrected chi connectivity index (χ0v) is 12.4. The second-order valence-electron chi connectivity index (χ2n) is 3.48. The molecule has 2 N–H and O–H groups in total. The number of ketones is 1. The zero-order valence-electron chi connectivity index (χ0n) is 8.69. The Balaban J connectivity index is 3.01. The first-order valence-corrected chi connectivity index (χ1v) is 6.92. The summed E-state index contributed by atoms with van der Waals surface area (Å²) in [5.74, 6) is -1.30. The minimum absolute atomic E-state index is 0.00256. The van der Waals surface area contributed by atoms with E-state index in [9.17, 15) is 14.7 Å². The van der Waals surface area contributed by atoms with Gasteiger partial charge in [-0.15, -0.1) is 0 Å². The minimum Gasteiger partial charge on any atom is -0.479 e. The van der Waals surface area contributed by atoms with Crippen LogP contribution in [0.4, 0.5) is 0 Å². The monoisotopic (exact) mass is 412 g/mol. The number of carbonyl (C=O) groups is 2. The Bertz CT molecular complexity index is 447. The molecule has 0 spiro atoms. The van der Waals surface area contributed by atoms with Crippen molar-refractivity contribution >= 4 is 50.3 Å². The number of carboxylic acids is 1. The topological polar surface area (TPSA) is 74.6 Å². The maximum absolute atomic E-state index is 11.3. The van der Waals surface area contributed by atoms with Crippen molar-refractivity contribution in [3.63, 3.8) is 0 Å². The average Bonchev–Trinajstić information content (AvgIpc) is 2.26. The molecule has 0 radical (unpaired) electrons. The Kier molecular flexibility index (Phi) is 5.54. The highest BCUT2D eigenvalue weighted by atomic mass is 127. The van der Waals surface area contributed by atoms with Crippen molar-refractivity contribution in [2.45, 2.75) is 12.5 Å². The first-order chi connectivity index (χ1) is 7.93.